The molecule has 3 atom stereocenters. The molecule has 4 heteroatoms. The summed E-state index contributed by atoms with van der Waals surface area (Å²) in [5.74, 6) is 0.917. The van der Waals surface area contributed by atoms with Crippen molar-refractivity contribution in [1.82, 2.24) is 15.1 Å². The van der Waals surface area contributed by atoms with Crippen LogP contribution in [0, 0.1) is 5.92 Å². The first-order valence-electron chi connectivity index (χ1n) is 7.70. The number of rotatable bonds is 4. The highest BCUT2D eigenvalue weighted by Gasteiger charge is 2.45. The van der Waals surface area contributed by atoms with Crippen LogP contribution in [0.15, 0.2) is 0 Å². The van der Waals surface area contributed by atoms with Gasteiger partial charge in [-0.15, -0.1) is 0 Å². The van der Waals surface area contributed by atoms with E-state index in [4.69, 9.17) is 0 Å². The van der Waals surface area contributed by atoms with E-state index in [1.165, 1.54) is 13.0 Å². The summed E-state index contributed by atoms with van der Waals surface area (Å²) in [5.41, 5.74) is -0.351. The molecular formula is C15H29N3O. The maximum atomic E-state index is 12.5. The lowest BCUT2D eigenvalue weighted by Crippen LogP contribution is -2.43. The molecule has 0 aromatic rings. The fourth-order valence-corrected chi connectivity index (χ4v) is 3.35. The van der Waals surface area contributed by atoms with Crippen molar-refractivity contribution in [2.45, 2.75) is 65.2 Å². The number of nitrogens with one attached hydrogen (secondary N) is 1. The minimum atomic E-state index is -0.351. The van der Waals surface area contributed by atoms with E-state index in [0.717, 1.165) is 19.5 Å². The minimum Gasteiger partial charge on any atom is -0.326 e. The van der Waals surface area contributed by atoms with Gasteiger partial charge >= 0.3 is 0 Å². The van der Waals surface area contributed by atoms with Crippen molar-refractivity contribution in [2.75, 3.05) is 19.6 Å². The normalized spacial score (nSPS) is 36.7. The van der Waals surface area contributed by atoms with Gasteiger partial charge in [-0.25, -0.2) is 0 Å². The van der Waals surface area contributed by atoms with Crippen molar-refractivity contribution < 1.29 is 4.79 Å². The van der Waals surface area contributed by atoms with Gasteiger partial charge in [-0.3, -0.25) is 10.1 Å². The van der Waals surface area contributed by atoms with Gasteiger partial charge in [0.05, 0.1) is 11.7 Å². The molecule has 110 valence electrons. The number of amides is 1. The summed E-state index contributed by atoms with van der Waals surface area (Å²) >= 11 is 0. The summed E-state index contributed by atoms with van der Waals surface area (Å²) in [7, 11) is 0. The number of hydrogen-bond acceptors (Lipinski definition) is 3. The highest BCUT2D eigenvalue weighted by atomic mass is 16.2. The SMILES string of the molecule is CCC1(C)NC(C)N(CC2CCN(C(C)C)C2)C1=O. The van der Waals surface area contributed by atoms with Crippen molar-refractivity contribution in [2.24, 2.45) is 5.92 Å². The number of carbonyl (C=O) groups excluding carboxylic acids is 1. The average Bonchev–Trinajstić information content (AvgIpc) is 2.90. The van der Waals surface area contributed by atoms with Crippen molar-refractivity contribution in [3.63, 3.8) is 0 Å². The lowest BCUT2D eigenvalue weighted by molar-refractivity contribution is -0.133. The monoisotopic (exact) mass is 267 g/mol. The van der Waals surface area contributed by atoms with Gasteiger partial charge in [-0.05, 0) is 53.0 Å². The largest absolute Gasteiger partial charge is 0.326 e. The second kappa shape index (κ2) is 5.41. The molecule has 1 amide bonds. The molecule has 2 aliphatic rings. The minimum absolute atomic E-state index is 0.172. The van der Waals surface area contributed by atoms with Crippen LogP contribution in [0.2, 0.25) is 0 Å². The van der Waals surface area contributed by atoms with Crippen molar-refractivity contribution in [1.29, 1.82) is 0 Å². The quantitative estimate of drug-likeness (QED) is 0.841. The fraction of sp³-hybridized carbons (Fsp3) is 0.933. The van der Waals surface area contributed by atoms with Crippen molar-refractivity contribution in [3.05, 3.63) is 0 Å². The van der Waals surface area contributed by atoms with E-state index >= 15 is 0 Å². The van der Waals surface area contributed by atoms with Crippen LogP contribution in [0.1, 0.15) is 47.5 Å². The molecule has 0 radical (unpaired) electrons. The molecule has 0 aromatic carbocycles. The average molecular weight is 267 g/mol. The number of nitrogens with zero attached hydrogens (tertiary/aromatic N) is 2. The van der Waals surface area contributed by atoms with Gasteiger partial charge in [0.1, 0.15) is 0 Å². The van der Waals surface area contributed by atoms with Crippen LogP contribution in [0.5, 0.6) is 0 Å². The summed E-state index contributed by atoms with van der Waals surface area (Å²) in [6, 6.07) is 0.621. The molecule has 2 heterocycles. The van der Waals surface area contributed by atoms with Crippen LogP contribution < -0.4 is 5.32 Å². The molecule has 1 N–H and O–H groups in total. The molecule has 2 fully saturated rings. The zero-order valence-electron chi connectivity index (χ0n) is 13.1. The molecule has 2 aliphatic heterocycles. The summed E-state index contributed by atoms with van der Waals surface area (Å²) in [6.45, 7) is 13.9. The lowest BCUT2D eigenvalue weighted by atomic mass is 9.99. The van der Waals surface area contributed by atoms with Crippen LogP contribution in [-0.2, 0) is 4.79 Å². The van der Waals surface area contributed by atoms with Gasteiger partial charge in [0.25, 0.3) is 0 Å². The number of hydrogen-bond donors (Lipinski definition) is 1. The third-order valence-electron chi connectivity index (χ3n) is 4.94. The molecule has 0 bridgehead atoms. The van der Waals surface area contributed by atoms with Gasteiger partial charge in [-0.1, -0.05) is 6.92 Å². The fourth-order valence-electron chi connectivity index (χ4n) is 3.35. The van der Waals surface area contributed by atoms with Crippen LogP contribution >= 0.6 is 0 Å². The van der Waals surface area contributed by atoms with Crippen LogP contribution in [0.3, 0.4) is 0 Å². The summed E-state index contributed by atoms with van der Waals surface area (Å²) in [4.78, 5) is 17.1. The lowest BCUT2D eigenvalue weighted by Gasteiger charge is -2.26. The molecule has 4 nitrogen and oxygen atoms in total. The summed E-state index contributed by atoms with van der Waals surface area (Å²) in [6.07, 6.45) is 2.25. The predicted molar refractivity (Wildman–Crippen MR) is 77.8 cm³/mol. The molecule has 0 saturated carbocycles. The van der Waals surface area contributed by atoms with E-state index in [1.54, 1.807) is 0 Å². The van der Waals surface area contributed by atoms with Gasteiger partial charge in [0.15, 0.2) is 0 Å². The van der Waals surface area contributed by atoms with Gasteiger partial charge in [-0.2, -0.15) is 0 Å². The second-order valence-electron chi connectivity index (χ2n) is 6.71. The van der Waals surface area contributed by atoms with Crippen LogP contribution in [0.25, 0.3) is 0 Å². The molecule has 0 aromatic heterocycles. The predicted octanol–water partition coefficient (Wildman–Crippen LogP) is 1.66. The Morgan fingerprint density at radius 3 is 2.63 bits per heavy atom. The second-order valence-corrected chi connectivity index (χ2v) is 6.71. The Hall–Kier alpha value is -0.610. The van der Waals surface area contributed by atoms with E-state index < -0.39 is 0 Å². The molecular weight excluding hydrogens is 238 g/mol. The molecule has 2 saturated heterocycles. The third kappa shape index (κ3) is 2.79. The molecule has 19 heavy (non-hydrogen) atoms. The maximum absolute atomic E-state index is 12.5. The van der Waals surface area contributed by atoms with E-state index in [1.807, 2.05) is 6.92 Å². The van der Waals surface area contributed by atoms with Crippen LogP contribution in [-0.4, -0.2) is 53.1 Å². The molecule has 0 aliphatic carbocycles. The first-order valence-corrected chi connectivity index (χ1v) is 7.70. The van der Waals surface area contributed by atoms with Crippen molar-refractivity contribution >= 4 is 5.91 Å². The number of carbonyl (C=O) groups is 1. The number of likely N-dealkylation sites (tertiary alicyclic amines) is 1. The highest BCUT2D eigenvalue weighted by Crippen LogP contribution is 2.27. The van der Waals surface area contributed by atoms with E-state index in [-0.39, 0.29) is 17.6 Å². The molecule has 3 unspecified atom stereocenters. The Kier molecular flexibility index (Phi) is 4.21. The first kappa shape index (κ1) is 14.8. The van der Waals surface area contributed by atoms with Crippen molar-refractivity contribution in [3.8, 4) is 0 Å². The first-order chi connectivity index (χ1) is 8.87. The Balaban J connectivity index is 1.95. The smallest absolute Gasteiger partial charge is 0.243 e. The Morgan fingerprint density at radius 1 is 1.47 bits per heavy atom. The van der Waals surface area contributed by atoms with E-state index in [9.17, 15) is 4.79 Å². The Morgan fingerprint density at radius 2 is 2.16 bits per heavy atom. The van der Waals surface area contributed by atoms with Gasteiger partial charge in [0, 0.05) is 19.1 Å². The molecule has 0 spiro atoms. The van der Waals surface area contributed by atoms with E-state index in [2.05, 4.69) is 42.8 Å². The van der Waals surface area contributed by atoms with Gasteiger partial charge < -0.3 is 9.80 Å². The Labute approximate surface area is 117 Å². The zero-order chi connectivity index (χ0) is 14.2. The topological polar surface area (TPSA) is 35.6 Å². The van der Waals surface area contributed by atoms with Gasteiger partial charge in [0.2, 0.25) is 5.91 Å². The summed E-state index contributed by atoms with van der Waals surface area (Å²) < 4.78 is 0. The third-order valence-corrected chi connectivity index (χ3v) is 4.94. The maximum Gasteiger partial charge on any atom is 0.243 e. The summed E-state index contributed by atoms with van der Waals surface area (Å²) in [5, 5.41) is 3.45. The van der Waals surface area contributed by atoms with E-state index in [0.29, 0.717) is 12.0 Å². The molecule has 2 rings (SSSR count). The highest BCUT2D eigenvalue weighted by molar-refractivity contribution is 5.88. The zero-order valence-corrected chi connectivity index (χ0v) is 13.1. The Bertz CT molecular complexity index is 344. The standard InChI is InChI=1S/C15H29N3O/c1-6-15(5)14(19)18(12(4)16-15)10-13-7-8-17(9-13)11(2)3/h11-13,16H,6-10H2,1-5H3. The van der Waals surface area contributed by atoms with Crippen LogP contribution in [0.4, 0.5) is 0 Å².